The minimum atomic E-state index is -0.394. The summed E-state index contributed by atoms with van der Waals surface area (Å²) in [6.45, 7) is 0.440. The molecule has 5 aromatic carbocycles. The lowest BCUT2D eigenvalue weighted by molar-refractivity contribution is -0.384. The number of nitro groups is 1. The van der Waals surface area contributed by atoms with Crippen LogP contribution in [0.3, 0.4) is 0 Å². The number of methoxy groups -OCH3 is 1. The van der Waals surface area contributed by atoms with Gasteiger partial charge in [-0.1, -0.05) is 84.9 Å². The number of nitro benzene ring substituents is 1. The molecule has 1 aromatic heterocycles. The van der Waals surface area contributed by atoms with Crippen molar-refractivity contribution in [2.45, 2.75) is 6.61 Å². The van der Waals surface area contributed by atoms with Gasteiger partial charge in [-0.2, -0.15) is 0 Å². The van der Waals surface area contributed by atoms with Crippen molar-refractivity contribution in [3.8, 4) is 56.5 Å². The summed E-state index contributed by atoms with van der Waals surface area (Å²) in [7, 11) is 1.63. The SMILES string of the molecule is COc1cc(-c2nc(-c3ccccc3)c(-c3ccc(-c4ccc([N+](=O)[O-])cc4)cc3)[nH]2)ccc1OCc1ccccc1. The van der Waals surface area contributed by atoms with Crippen molar-refractivity contribution in [2.24, 2.45) is 0 Å². The van der Waals surface area contributed by atoms with Crippen LogP contribution in [-0.4, -0.2) is 22.0 Å². The molecule has 0 atom stereocenters. The van der Waals surface area contributed by atoms with Crippen LogP contribution in [0.4, 0.5) is 5.69 Å². The van der Waals surface area contributed by atoms with E-state index in [-0.39, 0.29) is 5.69 Å². The topological polar surface area (TPSA) is 90.3 Å². The van der Waals surface area contributed by atoms with Gasteiger partial charge in [0.1, 0.15) is 12.4 Å². The molecule has 0 saturated carbocycles. The number of aromatic amines is 1. The van der Waals surface area contributed by atoms with Crippen LogP contribution in [0.5, 0.6) is 11.5 Å². The minimum Gasteiger partial charge on any atom is -0.493 e. The molecule has 0 fully saturated rings. The van der Waals surface area contributed by atoms with Gasteiger partial charge in [-0.3, -0.25) is 10.1 Å². The molecule has 0 bridgehead atoms. The van der Waals surface area contributed by atoms with Crippen molar-refractivity contribution in [1.29, 1.82) is 0 Å². The third-order valence-electron chi connectivity index (χ3n) is 7.01. The maximum atomic E-state index is 11.0. The van der Waals surface area contributed by atoms with Crippen LogP contribution in [0.1, 0.15) is 5.56 Å². The van der Waals surface area contributed by atoms with E-state index in [0.29, 0.717) is 23.9 Å². The van der Waals surface area contributed by atoms with Gasteiger partial charge >= 0.3 is 0 Å². The molecule has 206 valence electrons. The Morgan fingerprint density at radius 3 is 1.93 bits per heavy atom. The van der Waals surface area contributed by atoms with Gasteiger partial charge in [0.25, 0.3) is 5.69 Å². The molecule has 0 aliphatic rings. The van der Waals surface area contributed by atoms with Gasteiger partial charge in [0, 0.05) is 28.8 Å². The van der Waals surface area contributed by atoms with Gasteiger partial charge < -0.3 is 14.5 Å². The molecule has 1 heterocycles. The van der Waals surface area contributed by atoms with Crippen LogP contribution in [0.25, 0.3) is 45.0 Å². The molecular weight excluding hydrogens is 526 g/mol. The molecule has 42 heavy (non-hydrogen) atoms. The van der Waals surface area contributed by atoms with E-state index in [4.69, 9.17) is 14.5 Å². The summed E-state index contributed by atoms with van der Waals surface area (Å²) >= 11 is 0. The quantitative estimate of drug-likeness (QED) is 0.143. The Hall–Kier alpha value is -5.69. The summed E-state index contributed by atoms with van der Waals surface area (Å²) in [5.41, 5.74) is 7.55. The second-order valence-corrected chi connectivity index (χ2v) is 9.70. The third kappa shape index (κ3) is 5.62. The number of H-pyrrole nitrogens is 1. The van der Waals surface area contributed by atoms with E-state index in [9.17, 15) is 10.1 Å². The molecule has 7 nitrogen and oxygen atoms in total. The Morgan fingerprint density at radius 2 is 1.29 bits per heavy atom. The van der Waals surface area contributed by atoms with Gasteiger partial charge in [-0.05, 0) is 47.0 Å². The maximum absolute atomic E-state index is 11.0. The lowest BCUT2D eigenvalue weighted by Crippen LogP contribution is -1.98. The normalized spacial score (nSPS) is 10.8. The Balaban J connectivity index is 1.33. The number of hydrogen-bond acceptors (Lipinski definition) is 5. The summed E-state index contributed by atoms with van der Waals surface area (Å²) in [5, 5.41) is 11.0. The van der Waals surface area contributed by atoms with E-state index in [1.54, 1.807) is 19.2 Å². The first-order valence-corrected chi connectivity index (χ1v) is 13.4. The number of hydrogen-bond donors (Lipinski definition) is 1. The summed E-state index contributed by atoms with van der Waals surface area (Å²) in [6.07, 6.45) is 0. The zero-order valence-electron chi connectivity index (χ0n) is 22.9. The molecule has 0 aliphatic heterocycles. The highest BCUT2D eigenvalue weighted by Gasteiger charge is 2.17. The van der Waals surface area contributed by atoms with Crippen molar-refractivity contribution >= 4 is 5.69 Å². The van der Waals surface area contributed by atoms with Crippen LogP contribution in [0, 0.1) is 10.1 Å². The van der Waals surface area contributed by atoms with Gasteiger partial charge in [0.2, 0.25) is 0 Å². The second-order valence-electron chi connectivity index (χ2n) is 9.70. The van der Waals surface area contributed by atoms with Crippen LogP contribution < -0.4 is 9.47 Å². The third-order valence-corrected chi connectivity index (χ3v) is 7.01. The van der Waals surface area contributed by atoms with E-state index >= 15 is 0 Å². The lowest BCUT2D eigenvalue weighted by Gasteiger charge is -2.12. The highest BCUT2D eigenvalue weighted by Crippen LogP contribution is 2.37. The van der Waals surface area contributed by atoms with Crippen molar-refractivity contribution in [1.82, 2.24) is 9.97 Å². The van der Waals surface area contributed by atoms with Gasteiger partial charge in [0.05, 0.1) is 23.4 Å². The number of nitrogens with zero attached hydrogens (tertiary/aromatic N) is 2. The number of nitrogens with one attached hydrogen (secondary N) is 1. The molecule has 6 rings (SSSR count). The predicted molar refractivity (Wildman–Crippen MR) is 164 cm³/mol. The highest BCUT2D eigenvalue weighted by atomic mass is 16.6. The van der Waals surface area contributed by atoms with Crippen LogP contribution in [0.15, 0.2) is 127 Å². The fraction of sp³-hybridized carbons (Fsp3) is 0.0571. The number of ether oxygens (including phenoxy) is 2. The Morgan fingerprint density at radius 1 is 0.690 bits per heavy atom. The zero-order chi connectivity index (χ0) is 28.9. The summed E-state index contributed by atoms with van der Waals surface area (Å²) < 4.78 is 11.7. The number of benzene rings is 5. The first-order chi connectivity index (χ1) is 20.6. The van der Waals surface area contributed by atoms with E-state index in [1.807, 2.05) is 103 Å². The summed E-state index contributed by atoms with van der Waals surface area (Å²) in [6, 6.07) is 40.5. The second kappa shape index (κ2) is 11.8. The molecule has 0 amide bonds. The van der Waals surface area contributed by atoms with Crippen LogP contribution >= 0.6 is 0 Å². The van der Waals surface area contributed by atoms with E-state index in [2.05, 4.69) is 4.98 Å². The van der Waals surface area contributed by atoms with E-state index in [1.165, 1.54) is 12.1 Å². The number of rotatable bonds is 9. The van der Waals surface area contributed by atoms with Crippen molar-refractivity contribution < 1.29 is 14.4 Å². The first-order valence-electron chi connectivity index (χ1n) is 13.4. The maximum Gasteiger partial charge on any atom is 0.269 e. The molecule has 7 heteroatoms. The van der Waals surface area contributed by atoms with Crippen LogP contribution in [0.2, 0.25) is 0 Å². The van der Waals surface area contributed by atoms with Gasteiger partial charge in [-0.25, -0.2) is 4.98 Å². The zero-order valence-corrected chi connectivity index (χ0v) is 22.9. The molecule has 0 saturated heterocycles. The fourth-order valence-corrected chi connectivity index (χ4v) is 4.80. The molecule has 6 aromatic rings. The minimum absolute atomic E-state index is 0.0697. The average molecular weight is 554 g/mol. The Bertz CT molecular complexity index is 1820. The molecule has 0 unspecified atom stereocenters. The number of aromatic nitrogens is 2. The predicted octanol–water partition coefficient (Wildman–Crippen LogP) is 8.57. The van der Waals surface area contributed by atoms with Crippen LogP contribution in [-0.2, 0) is 6.61 Å². The molecule has 0 radical (unpaired) electrons. The first kappa shape index (κ1) is 26.5. The molecule has 0 spiro atoms. The lowest BCUT2D eigenvalue weighted by atomic mass is 10.0. The smallest absolute Gasteiger partial charge is 0.269 e. The van der Waals surface area contributed by atoms with E-state index < -0.39 is 4.92 Å². The average Bonchev–Trinajstić information content (AvgIpc) is 3.50. The molecule has 0 aliphatic carbocycles. The highest BCUT2D eigenvalue weighted by molar-refractivity contribution is 5.82. The van der Waals surface area contributed by atoms with Crippen molar-refractivity contribution in [2.75, 3.05) is 7.11 Å². The summed E-state index contributed by atoms with van der Waals surface area (Å²) in [5.74, 6) is 1.98. The monoisotopic (exact) mass is 553 g/mol. The molecular formula is C35H27N3O4. The van der Waals surface area contributed by atoms with E-state index in [0.717, 1.165) is 44.8 Å². The van der Waals surface area contributed by atoms with Gasteiger partial charge in [-0.15, -0.1) is 0 Å². The largest absolute Gasteiger partial charge is 0.493 e. The standard InChI is InChI=1S/C35H27N3O4/c1-41-32-22-29(18-21-31(32)42-23-24-8-4-2-5-9-24)35-36-33(27-10-6-3-7-11-27)34(37-35)28-14-12-25(13-15-28)26-16-19-30(20-17-26)38(39)40/h2-22H,23H2,1H3,(H,36,37). The molecule has 1 N–H and O–H groups in total. The van der Waals surface area contributed by atoms with Gasteiger partial charge in [0.15, 0.2) is 11.5 Å². The van der Waals surface area contributed by atoms with Crippen molar-refractivity contribution in [3.05, 3.63) is 143 Å². The Labute approximate surface area is 243 Å². The fourth-order valence-electron chi connectivity index (χ4n) is 4.80. The number of non-ortho nitro benzene ring substituents is 1. The number of imidazole rings is 1. The summed E-state index contributed by atoms with van der Waals surface area (Å²) in [4.78, 5) is 19.2. The van der Waals surface area contributed by atoms with Crippen molar-refractivity contribution in [3.63, 3.8) is 0 Å². The Kier molecular flexibility index (Phi) is 7.46.